The predicted octanol–water partition coefficient (Wildman–Crippen LogP) is 3.71. The molecular weight excluding hydrogens is 540 g/mol. The molecule has 1 aromatic rings. The van der Waals surface area contributed by atoms with Gasteiger partial charge < -0.3 is 9.47 Å². The van der Waals surface area contributed by atoms with Crippen LogP contribution in [0.2, 0.25) is 0 Å². The zero-order chi connectivity index (χ0) is 25.6. The smallest absolute Gasteiger partial charge is 0.338 e. The fourth-order valence-electron chi connectivity index (χ4n) is 6.12. The van der Waals surface area contributed by atoms with Crippen LogP contribution < -0.4 is 0 Å². The van der Waals surface area contributed by atoms with Gasteiger partial charge in [-0.25, -0.2) is 4.79 Å². The number of benzene rings is 1. The molecule has 0 amide bonds. The number of carbonyl (C=O) groups is 3. The van der Waals surface area contributed by atoms with E-state index in [-0.39, 0.29) is 30.5 Å². The minimum Gasteiger partial charge on any atom is -0.462 e. The lowest BCUT2D eigenvalue weighted by Crippen LogP contribution is -2.50. The highest BCUT2D eigenvalue weighted by Crippen LogP contribution is 2.64. The Morgan fingerprint density at radius 2 is 1.83 bits per heavy atom. The van der Waals surface area contributed by atoms with E-state index in [1.807, 2.05) is 13.8 Å². The summed E-state index contributed by atoms with van der Waals surface area (Å²) in [5, 5.41) is 0. The van der Waals surface area contributed by atoms with Crippen molar-refractivity contribution in [1.82, 2.24) is 0 Å². The second kappa shape index (κ2) is 9.68. The summed E-state index contributed by atoms with van der Waals surface area (Å²) in [6.45, 7) is 3.85. The van der Waals surface area contributed by atoms with Crippen LogP contribution in [-0.4, -0.2) is 57.6 Å². The molecule has 0 aliphatic heterocycles. The van der Waals surface area contributed by atoms with Gasteiger partial charge in [0, 0.05) is 30.3 Å². The minimum atomic E-state index is -4.22. The average molecular weight is 571 g/mol. The molecule has 1 aromatic carbocycles. The molecule has 5 atom stereocenters. The van der Waals surface area contributed by atoms with Crippen LogP contribution in [-0.2, 0) is 33.4 Å². The molecular formula is C25H31BrO8S. The third kappa shape index (κ3) is 4.86. The Morgan fingerprint density at radius 1 is 1.14 bits per heavy atom. The topological polar surface area (TPSA) is 113 Å². The second-order valence-electron chi connectivity index (χ2n) is 10.5. The fraction of sp³-hybridized carbons (Fsp3) is 0.640. The van der Waals surface area contributed by atoms with Crippen LogP contribution >= 0.6 is 15.9 Å². The third-order valence-electron chi connectivity index (χ3n) is 8.44. The Labute approximate surface area is 214 Å². The van der Waals surface area contributed by atoms with Crippen molar-refractivity contribution in [2.75, 3.05) is 19.5 Å². The van der Waals surface area contributed by atoms with Crippen LogP contribution in [0.4, 0.5) is 0 Å². The maximum Gasteiger partial charge on any atom is 0.338 e. The Hall–Kier alpha value is -1.62. The van der Waals surface area contributed by atoms with Gasteiger partial charge in [-0.3, -0.25) is 13.8 Å². The molecule has 0 spiro atoms. The van der Waals surface area contributed by atoms with Crippen LogP contribution in [0.5, 0.6) is 0 Å². The van der Waals surface area contributed by atoms with E-state index >= 15 is 0 Å². The lowest BCUT2D eigenvalue weighted by molar-refractivity contribution is -0.142. The van der Waals surface area contributed by atoms with Gasteiger partial charge in [-0.05, 0) is 54.9 Å². The molecule has 35 heavy (non-hydrogen) atoms. The van der Waals surface area contributed by atoms with Crippen molar-refractivity contribution in [2.24, 2.45) is 22.7 Å². The zero-order valence-corrected chi connectivity index (χ0v) is 22.5. The SMILES string of the molecule is CO[C@H]1[C@H](COC(=O)c2ccc(Br)cc2)CCC(=O)[C@@H]1OS(=O)(=O)C[C@@]12CC[C@@H](CC1=O)C2(C)C. The van der Waals surface area contributed by atoms with E-state index in [2.05, 4.69) is 15.9 Å². The number of esters is 1. The van der Waals surface area contributed by atoms with Crippen LogP contribution in [0.3, 0.4) is 0 Å². The molecule has 3 fully saturated rings. The van der Waals surface area contributed by atoms with Gasteiger partial charge in [0.1, 0.15) is 5.78 Å². The van der Waals surface area contributed by atoms with Crippen molar-refractivity contribution in [2.45, 2.75) is 58.2 Å². The highest BCUT2D eigenvalue weighted by molar-refractivity contribution is 9.10. The van der Waals surface area contributed by atoms with E-state index in [0.717, 1.165) is 10.9 Å². The quantitative estimate of drug-likeness (QED) is 0.343. The highest BCUT2D eigenvalue weighted by Gasteiger charge is 2.65. The first-order chi connectivity index (χ1) is 16.4. The van der Waals surface area contributed by atoms with Crippen LogP contribution in [0.1, 0.15) is 56.3 Å². The lowest BCUT2D eigenvalue weighted by Gasteiger charge is -2.38. The first-order valence-corrected chi connectivity index (χ1v) is 14.2. The number of ether oxygens (including phenoxy) is 2. The molecule has 3 saturated carbocycles. The molecule has 0 N–H and O–H groups in total. The van der Waals surface area contributed by atoms with E-state index in [9.17, 15) is 22.8 Å². The molecule has 2 bridgehead atoms. The van der Waals surface area contributed by atoms with Crippen molar-refractivity contribution >= 4 is 43.6 Å². The zero-order valence-electron chi connectivity index (χ0n) is 20.1. The molecule has 4 rings (SSSR count). The Balaban J connectivity index is 1.45. The van der Waals surface area contributed by atoms with Crippen molar-refractivity contribution in [3.05, 3.63) is 34.3 Å². The summed E-state index contributed by atoms with van der Waals surface area (Å²) in [6.07, 6.45) is -0.0819. The van der Waals surface area contributed by atoms with Crippen LogP contribution in [0.15, 0.2) is 28.7 Å². The standard InChI is InChI=1S/C25H31BrO8S/c1-24(2)17-10-11-25(24,20(28)12-17)14-35(30,31)34-22-19(27)9-6-16(21(22)32-3)13-33-23(29)15-4-7-18(26)8-5-15/h4-5,7-8,16-17,21-22H,6,9-14H2,1-3H3/t16-,17-,21-,22-,25-/m0/s1. The molecule has 0 heterocycles. The maximum atomic E-state index is 13.2. The number of hydrogen-bond acceptors (Lipinski definition) is 8. The van der Waals surface area contributed by atoms with Gasteiger partial charge in [-0.2, -0.15) is 8.42 Å². The summed E-state index contributed by atoms with van der Waals surface area (Å²) in [5.74, 6) is -1.64. The molecule has 3 aliphatic carbocycles. The van der Waals surface area contributed by atoms with Crippen molar-refractivity contribution in [1.29, 1.82) is 0 Å². The van der Waals surface area contributed by atoms with Gasteiger partial charge in [0.05, 0.1) is 29.4 Å². The number of hydrogen-bond donors (Lipinski definition) is 0. The fourth-order valence-corrected chi connectivity index (χ4v) is 8.27. The Kier molecular flexibility index (Phi) is 7.32. The summed E-state index contributed by atoms with van der Waals surface area (Å²) in [5.41, 5.74) is -1.06. The molecule has 0 unspecified atom stereocenters. The van der Waals surface area contributed by atoms with E-state index in [1.165, 1.54) is 7.11 Å². The van der Waals surface area contributed by atoms with Gasteiger partial charge in [-0.15, -0.1) is 0 Å². The Bertz CT molecular complexity index is 1110. The number of ketones is 2. The van der Waals surface area contributed by atoms with Gasteiger partial charge in [0.2, 0.25) is 0 Å². The van der Waals surface area contributed by atoms with Gasteiger partial charge in [0.15, 0.2) is 11.9 Å². The molecule has 3 aliphatic rings. The van der Waals surface area contributed by atoms with E-state index < -0.39 is 50.8 Å². The number of fused-ring (bicyclic) bond motifs is 2. The number of methoxy groups -OCH3 is 1. The van der Waals surface area contributed by atoms with Crippen molar-refractivity contribution in [3.8, 4) is 0 Å². The molecule has 192 valence electrons. The summed E-state index contributed by atoms with van der Waals surface area (Å²) in [6, 6.07) is 6.71. The number of halogens is 1. The molecule has 10 heteroatoms. The highest BCUT2D eigenvalue weighted by atomic mass is 79.9. The van der Waals surface area contributed by atoms with Gasteiger partial charge in [0.25, 0.3) is 10.1 Å². The van der Waals surface area contributed by atoms with E-state index in [4.69, 9.17) is 13.7 Å². The molecule has 0 aromatic heterocycles. The monoisotopic (exact) mass is 570 g/mol. The summed E-state index contributed by atoms with van der Waals surface area (Å²) < 4.78 is 43.6. The largest absolute Gasteiger partial charge is 0.462 e. The molecule has 8 nitrogen and oxygen atoms in total. The van der Waals surface area contributed by atoms with Gasteiger partial charge in [-0.1, -0.05) is 29.8 Å². The molecule has 0 saturated heterocycles. The third-order valence-corrected chi connectivity index (χ3v) is 10.3. The summed E-state index contributed by atoms with van der Waals surface area (Å²) in [7, 11) is -2.85. The van der Waals surface area contributed by atoms with Crippen LogP contribution in [0, 0.1) is 22.7 Å². The number of rotatable bonds is 8. The normalized spacial score (nSPS) is 32.1. The van der Waals surface area contributed by atoms with Crippen molar-refractivity contribution in [3.63, 3.8) is 0 Å². The first-order valence-electron chi connectivity index (χ1n) is 11.8. The number of carbonyl (C=O) groups excluding carboxylic acids is 3. The summed E-state index contributed by atoms with van der Waals surface area (Å²) in [4.78, 5) is 37.9. The molecule has 0 radical (unpaired) electrons. The van der Waals surface area contributed by atoms with E-state index in [1.54, 1.807) is 24.3 Å². The maximum absolute atomic E-state index is 13.2. The Morgan fingerprint density at radius 3 is 2.40 bits per heavy atom. The lowest BCUT2D eigenvalue weighted by atomic mass is 9.70. The summed E-state index contributed by atoms with van der Waals surface area (Å²) >= 11 is 3.31. The first kappa shape index (κ1) is 26.4. The average Bonchev–Trinajstić information content (AvgIpc) is 3.13. The van der Waals surface area contributed by atoms with Crippen LogP contribution in [0.25, 0.3) is 0 Å². The van der Waals surface area contributed by atoms with Gasteiger partial charge >= 0.3 is 5.97 Å². The number of Topliss-reactive ketones (excluding diaryl/α,β-unsaturated/α-hetero) is 2. The minimum absolute atomic E-state index is 0.0399. The predicted molar refractivity (Wildman–Crippen MR) is 130 cm³/mol. The van der Waals surface area contributed by atoms with Crippen molar-refractivity contribution < 1.29 is 36.5 Å². The van der Waals surface area contributed by atoms with E-state index in [0.29, 0.717) is 24.8 Å². The second-order valence-corrected chi connectivity index (χ2v) is 13.0.